The predicted molar refractivity (Wildman–Crippen MR) is 450 cm³/mol. The molecule has 8 aliphatic heterocycles. The van der Waals surface area contributed by atoms with E-state index in [1.807, 2.05) is 69.3 Å². The highest BCUT2D eigenvalue weighted by Gasteiger charge is 2.58. The molecule has 0 unspecified atom stereocenters. The Bertz CT molecular complexity index is 6770. The molecule has 16 heterocycles. The van der Waals surface area contributed by atoms with Crippen molar-refractivity contribution < 1.29 is 84.7 Å². The second-order valence-corrected chi connectivity index (χ2v) is 34.3. The first-order valence-electron chi connectivity index (χ1n) is 38.4. The van der Waals surface area contributed by atoms with Crippen LogP contribution in [0.4, 0.5) is 0 Å². The van der Waals surface area contributed by atoms with Crippen LogP contribution < -0.4 is 30.7 Å². The van der Waals surface area contributed by atoms with Crippen LogP contribution in [0.25, 0.3) is 54.5 Å². The number of halogens is 2. The molecular formula is C89H68BrIN12O18S. The number of nitrogens with one attached hydrogen (secondary N) is 4. The molecule has 122 heavy (non-hydrogen) atoms. The minimum absolute atomic E-state index is 0.000960. The van der Waals surface area contributed by atoms with Gasteiger partial charge < -0.3 is 46.7 Å². The SMILES string of the molecule is C#Cc1c(C)ccc2c1C(=O)N(C[C@@]1(c3cc4ncccc4o3)CC(=O)NC1=O)C2.COc1ccc2c(c1)C(=O)N(C[C@@]1(c3cc4c(ccc5sc(C)nc54)o3)CC(=O)NC1=O)C2.COc1ccc2c(c1Br)C(=O)N(C[C@@]1(c3cc4ncccc4o3)CC(=O)NC1=O)C2.Cc1ccc2c(c1I)C(=O)N(C[C@@]1(c3cc4ncccc4o3)CC(=O)NC1=O)C2. The molecule has 4 saturated heterocycles. The van der Waals surface area contributed by atoms with Gasteiger partial charge in [0.2, 0.25) is 47.3 Å². The molecule has 8 aliphatic rings. The van der Waals surface area contributed by atoms with Crippen molar-refractivity contribution in [1.29, 1.82) is 0 Å². The van der Waals surface area contributed by atoms with Crippen LogP contribution in [0.15, 0.2) is 168 Å². The summed E-state index contributed by atoms with van der Waals surface area (Å²) in [7, 11) is 3.08. The lowest BCUT2D eigenvalue weighted by atomic mass is 9.82. The number of hydrogen-bond acceptors (Lipinski definition) is 23. The van der Waals surface area contributed by atoms with Gasteiger partial charge in [-0.05, 0) is 165 Å². The molecular weight excluding hydrogens is 1760 g/mol. The van der Waals surface area contributed by atoms with Crippen LogP contribution in [0.5, 0.6) is 11.5 Å². The topological polar surface area (TPSA) is 388 Å². The first kappa shape index (κ1) is 79.5. The molecule has 0 radical (unpaired) electrons. The molecule has 30 nitrogen and oxygen atoms in total. The lowest BCUT2D eigenvalue weighted by Gasteiger charge is -2.28. The third-order valence-corrected chi connectivity index (χ3v) is 26.7. The lowest BCUT2D eigenvalue weighted by molar-refractivity contribution is -0.128. The molecule has 5 aromatic carbocycles. The molecule has 4 atom stereocenters. The molecule has 33 heteroatoms. The number of ether oxygens (including phenoxy) is 2. The molecule has 12 amide bonds. The van der Waals surface area contributed by atoms with E-state index >= 15 is 0 Å². The van der Waals surface area contributed by atoms with E-state index < -0.39 is 57.1 Å². The Kier molecular flexibility index (Phi) is 19.7. The maximum atomic E-state index is 13.2. The summed E-state index contributed by atoms with van der Waals surface area (Å²) in [6.45, 7) is 7.22. The van der Waals surface area contributed by atoms with E-state index in [-0.39, 0.29) is 87.3 Å². The smallest absolute Gasteiger partial charge is 0.255 e. The Labute approximate surface area is 717 Å². The van der Waals surface area contributed by atoms with E-state index in [2.05, 4.69) is 85.6 Å². The Balaban J connectivity index is 0.000000111. The number of thiazole rings is 1. The molecule has 21 rings (SSSR count). The minimum Gasteiger partial charge on any atom is -0.497 e. The van der Waals surface area contributed by atoms with Gasteiger partial charge in [-0.15, -0.1) is 17.8 Å². The Morgan fingerprint density at radius 3 is 1.34 bits per heavy atom. The quantitative estimate of drug-likeness (QED) is 0.0446. The van der Waals surface area contributed by atoms with Crippen LogP contribution in [0.2, 0.25) is 0 Å². The zero-order chi connectivity index (χ0) is 85.3. The van der Waals surface area contributed by atoms with Gasteiger partial charge in [-0.2, -0.15) is 0 Å². The van der Waals surface area contributed by atoms with E-state index in [9.17, 15) is 57.5 Å². The van der Waals surface area contributed by atoms with Crippen molar-refractivity contribution in [3.8, 4) is 23.8 Å². The van der Waals surface area contributed by atoms with Gasteiger partial charge in [0.15, 0.2) is 16.7 Å². The monoisotopic (exact) mass is 1830 g/mol. The number of fused-ring (bicyclic) bond motifs is 10. The number of aromatic nitrogens is 4. The highest BCUT2D eigenvalue weighted by Crippen LogP contribution is 2.47. The van der Waals surface area contributed by atoms with Gasteiger partial charge in [0.25, 0.3) is 23.6 Å². The summed E-state index contributed by atoms with van der Waals surface area (Å²) in [6, 6.07) is 37.7. The average Bonchev–Trinajstić information content (AvgIpc) is 1.59. The summed E-state index contributed by atoms with van der Waals surface area (Å²) < 4.78 is 37.0. The molecule has 4 N–H and O–H groups in total. The van der Waals surface area contributed by atoms with E-state index in [1.165, 1.54) is 7.11 Å². The number of benzene rings is 5. The Morgan fingerprint density at radius 2 is 0.885 bits per heavy atom. The van der Waals surface area contributed by atoms with Crippen molar-refractivity contribution >= 4 is 175 Å². The van der Waals surface area contributed by atoms with Crippen LogP contribution in [0, 0.1) is 36.7 Å². The summed E-state index contributed by atoms with van der Waals surface area (Å²) in [4.78, 5) is 177. The number of hydrogen-bond donors (Lipinski definition) is 4. The first-order valence-corrected chi connectivity index (χ1v) is 41.1. The third-order valence-electron chi connectivity index (χ3n) is 23.6. The molecule has 13 aromatic rings. The maximum Gasteiger partial charge on any atom is 0.255 e. The molecule has 0 aliphatic carbocycles. The van der Waals surface area contributed by atoms with Crippen molar-refractivity contribution in [1.82, 2.24) is 60.8 Å². The van der Waals surface area contributed by atoms with Gasteiger partial charge in [-0.1, -0.05) is 42.3 Å². The van der Waals surface area contributed by atoms with Crippen LogP contribution >= 0.6 is 49.9 Å². The number of amides is 12. The summed E-state index contributed by atoms with van der Waals surface area (Å²) >= 11 is 7.21. The van der Waals surface area contributed by atoms with Crippen LogP contribution in [-0.4, -0.2) is 151 Å². The van der Waals surface area contributed by atoms with E-state index in [0.717, 1.165) is 57.6 Å². The lowest BCUT2D eigenvalue weighted by Crippen LogP contribution is -2.46. The molecule has 0 saturated carbocycles. The molecule has 0 bridgehead atoms. The number of carbonyl (C=O) groups is 12. The van der Waals surface area contributed by atoms with Crippen molar-refractivity contribution in [3.63, 3.8) is 0 Å². The molecule has 4 fully saturated rings. The van der Waals surface area contributed by atoms with Crippen molar-refractivity contribution in [3.05, 3.63) is 243 Å². The standard InChI is InChI=1S/C24H19N3O5S.C23H17N3O4.C21H16BrN3O5.C21H16IN3O4/c1-12-25-21-16-8-19(32-17(16)5-6-18(21)33-12)24(9-20(28)26-23(24)30)11-27-10-13-3-4-14(31-2)7-15(13)22(27)29;1-3-15-13(2)6-7-14-11-26(21(28)20(14)15)12-23(10-19(27)25-22(23)29)18-9-16-17(30-18)5-4-8-24-16;1-29-14-5-4-11-9-25(19(27)17(11)18(14)22)10-21(8-16(26)24-20(21)28)15-7-12-13(30-15)3-2-6-23-12;1-11-4-5-12-9-25(19(27)17(12)18(11)22)10-21(8-16(26)24-20(21)28)15-7-13-14(29-15)3-2-6-23-13/h3-8H,9-11H2,1-2H3,(H,26,28,30);1,4-9H,10-12H2,2H3,(H,25,27,29);2-7H,8-10H2,1H3,(H,24,26,28);2-7H,8-10H2,1H3,(H,24,26,28)/t24-;23-;2*21-/m1111/s1. The molecule has 8 aromatic heterocycles. The van der Waals surface area contributed by atoms with Gasteiger partial charge in [0.1, 0.15) is 78.3 Å². The van der Waals surface area contributed by atoms with Gasteiger partial charge >= 0.3 is 0 Å². The fourth-order valence-corrected chi connectivity index (χ4v) is 19.8. The van der Waals surface area contributed by atoms with Gasteiger partial charge in [0.05, 0.1) is 76.3 Å². The predicted octanol–water partition coefficient (Wildman–Crippen LogP) is 10.6. The van der Waals surface area contributed by atoms with Gasteiger partial charge in [-0.25, -0.2) is 4.98 Å². The summed E-state index contributed by atoms with van der Waals surface area (Å²) in [5, 5.41) is 11.2. The van der Waals surface area contributed by atoms with Crippen LogP contribution in [-0.2, 0) is 86.2 Å². The van der Waals surface area contributed by atoms with Crippen molar-refractivity contribution in [2.75, 3.05) is 40.4 Å². The molecule has 612 valence electrons. The largest absolute Gasteiger partial charge is 0.497 e. The Morgan fingerprint density at radius 1 is 0.475 bits per heavy atom. The van der Waals surface area contributed by atoms with E-state index in [0.29, 0.717) is 132 Å². The van der Waals surface area contributed by atoms with Gasteiger partial charge in [-0.3, -0.25) is 93.8 Å². The van der Waals surface area contributed by atoms with E-state index in [4.69, 9.17) is 33.6 Å². The number of nitrogens with zero attached hydrogens (tertiary/aromatic N) is 8. The first-order chi connectivity index (χ1) is 58.6. The molecule has 0 spiro atoms. The summed E-state index contributed by atoms with van der Waals surface area (Å²) in [5.74, 6) is 0.833. The van der Waals surface area contributed by atoms with Crippen molar-refractivity contribution in [2.24, 2.45) is 0 Å². The summed E-state index contributed by atoms with van der Waals surface area (Å²) in [5.41, 5.74) is 7.59. The zero-order valence-electron chi connectivity index (χ0n) is 65.5. The zero-order valence-corrected chi connectivity index (χ0v) is 70.1. The second-order valence-electron chi connectivity index (χ2n) is 31.2. The number of terminal acetylenes is 1. The highest BCUT2D eigenvalue weighted by molar-refractivity contribution is 14.1. The minimum atomic E-state index is -1.32. The maximum absolute atomic E-state index is 13.2. The normalized spacial score (nSPS) is 20.6. The number of imide groups is 4. The number of carbonyl (C=O) groups excluding carboxylic acids is 12. The number of furan rings is 4. The summed E-state index contributed by atoms with van der Waals surface area (Å²) in [6.07, 6.45) is 10.2. The highest BCUT2D eigenvalue weighted by atomic mass is 127. The number of aryl methyl sites for hydroxylation is 3. The number of methoxy groups -OCH3 is 2. The fourth-order valence-electron chi connectivity index (χ4n) is 17.5. The van der Waals surface area contributed by atoms with Crippen molar-refractivity contribution in [2.45, 2.75) is 94.3 Å². The third kappa shape index (κ3) is 13.3. The van der Waals surface area contributed by atoms with Crippen LogP contribution in [0.3, 0.4) is 0 Å². The van der Waals surface area contributed by atoms with E-state index in [1.54, 1.807) is 135 Å². The fraction of sp³-hybridized carbons (Fsp3) is 0.236. The average molecular weight is 1830 g/mol. The van der Waals surface area contributed by atoms with Gasteiger partial charge in [0, 0.05) is 109 Å². The number of rotatable bonds is 14. The number of pyridine rings is 3. The van der Waals surface area contributed by atoms with Crippen LogP contribution in [0.1, 0.15) is 134 Å². The Hall–Kier alpha value is -13.6. The second kappa shape index (κ2) is 30.3.